The van der Waals surface area contributed by atoms with E-state index in [1.807, 2.05) is 46.7 Å². The topological polar surface area (TPSA) is 43.9 Å². The highest BCUT2D eigenvalue weighted by molar-refractivity contribution is 7.10. The third-order valence-electron chi connectivity index (χ3n) is 6.46. The number of rotatable bonds is 3. The minimum atomic E-state index is -0.440. The molecule has 7 heteroatoms. The largest absolute Gasteiger partial charge is 0.368 e. The lowest BCUT2D eigenvalue weighted by atomic mass is 9.81. The molecule has 0 saturated carbocycles. The Morgan fingerprint density at radius 1 is 0.969 bits per heavy atom. The summed E-state index contributed by atoms with van der Waals surface area (Å²) >= 11 is 1.57. The van der Waals surface area contributed by atoms with E-state index in [0.29, 0.717) is 31.7 Å². The van der Waals surface area contributed by atoms with Crippen LogP contribution in [-0.2, 0) is 4.79 Å². The molecule has 2 aliphatic rings. The maximum absolute atomic E-state index is 13.9. The van der Waals surface area contributed by atoms with Crippen LogP contribution >= 0.6 is 11.3 Å². The van der Waals surface area contributed by atoms with E-state index in [0.717, 1.165) is 16.1 Å². The van der Waals surface area contributed by atoms with Crippen molar-refractivity contribution in [3.8, 4) is 0 Å². The Balaban J connectivity index is 1.43. The van der Waals surface area contributed by atoms with Crippen molar-refractivity contribution in [3.05, 3.63) is 87.9 Å². The number of halogens is 1. The second-order valence-electron chi connectivity index (χ2n) is 8.23. The molecule has 0 spiro atoms. The van der Waals surface area contributed by atoms with Gasteiger partial charge in [-0.25, -0.2) is 4.39 Å². The molecule has 1 saturated heterocycles. The SMILES string of the molecule is CN1C(=O)c2ccccc2[C@H](C(=O)N2CCN(c3ccc(F)cc3)CC2)[C@H]1c1cccs1. The van der Waals surface area contributed by atoms with Crippen molar-refractivity contribution in [3.63, 3.8) is 0 Å². The highest BCUT2D eigenvalue weighted by atomic mass is 32.1. The van der Waals surface area contributed by atoms with Crippen molar-refractivity contribution >= 4 is 28.8 Å². The molecule has 5 rings (SSSR count). The lowest BCUT2D eigenvalue weighted by Gasteiger charge is -2.43. The van der Waals surface area contributed by atoms with Crippen molar-refractivity contribution in [1.82, 2.24) is 9.80 Å². The van der Waals surface area contributed by atoms with E-state index in [9.17, 15) is 14.0 Å². The van der Waals surface area contributed by atoms with Gasteiger partial charge in [-0.1, -0.05) is 24.3 Å². The molecule has 0 radical (unpaired) electrons. The normalized spacial score (nSPS) is 20.9. The van der Waals surface area contributed by atoms with Crippen LogP contribution in [0.3, 0.4) is 0 Å². The average Bonchev–Trinajstić information content (AvgIpc) is 3.36. The predicted molar refractivity (Wildman–Crippen MR) is 124 cm³/mol. The fourth-order valence-corrected chi connectivity index (χ4v) is 5.69. The first-order valence-corrected chi connectivity index (χ1v) is 11.6. The van der Waals surface area contributed by atoms with Gasteiger partial charge in [-0.15, -0.1) is 11.3 Å². The minimum Gasteiger partial charge on any atom is -0.368 e. The Hall–Kier alpha value is -3.19. The number of carbonyl (C=O) groups is 2. The maximum Gasteiger partial charge on any atom is 0.254 e. The summed E-state index contributed by atoms with van der Waals surface area (Å²) in [5, 5.41) is 1.98. The molecule has 2 aromatic carbocycles. The molecule has 2 amide bonds. The number of amides is 2. The molecule has 5 nitrogen and oxygen atoms in total. The summed E-state index contributed by atoms with van der Waals surface area (Å²) in [6, 6.07) is 17.6. The van der Waals surface area contributed by atoms with Gasteiger partial charge in [-0.3, -0.25) is 9.59 Å². The van der Waals surface area contributed by atoms with Crippen LogP contribution in [0.4, 0.5) is 10.1 Å². The van der Waals surface area contributed by atoms with Crippen molar-refractivity contribution in [2.24, 2.45) is 0 Å². The summed E-state index contributed by atoms with van der Waals surface area (Å²) in [6.07, 6.45) is 0. The van der Waals surface area contributed by atoms with Gasteiger partial charge in [0.05, 0.1) is 12.0 Å². The Morgan fingerprint density at radius 2 is 1.69 bits per heavy atom. The minimum absolute atomic E-state index is 0.0500. The van der Waals surface area contributed by atoms with Crippen LogP contribution in [0.1, 0.15) is 32.8 Å². The van der Waals surface area contributed by atoms with Crippen LogP contribution in [0.5, 0.6) is 0 Å². The number of fused-ring (bicyclic) bond motifs is 1. The molecular weight excluding hydrogens is 425 g/mol. The lowest BCUT2D eigenvalue weighted by Crippen LogP contribution is -2.53. The van der Waals surface area contributed by atoms with Crippen LogP contribution in [-0.4, -0.2) is 54.8 Å². The van der Waals surface area contributed by atoms with Gasteiger partial charge in [0, 0.05) is 49.4 Å². The van der Waals surface area contributed by atoms with Gasteiger partial charge < -0.3 is 14.7 Å². The predicted octanol–water partition coefficient (Wildman–Crippen LogP) is 4.15. The first-order valence-electron chi connectivity index (χ1n) is 10.7. The highest BCUT2D eigenvalue weighted by Gasteiger charge is 2.44. The molecule has 2 atom stereocenters. The number of benzene rings is 2. The standard InChI is InChI=1S/C25H24FN3O2S/c1-27-23(21-7-4-16-32-21)22(19-5-2-3-6-20(19)24(27)30)25(31)29-14-12-28(13-15-29)18-10-8-17(26)9-11-18/h2-11,16,22-23H,12-15H2,1H3/t22-,23+/m0/s1. The first kappa shape index (κ1) is 20.7. The molecule has 0 N–H and O–H groups in total. The number of hydrogen-bond donors (Lipinski definition) is 0. The van der Waals surface area contributed by atoms with Crippen molar-refractivity contribution in [2.75, 3.05) is 38.1 Å². The molecular formula is C25H24FN3O2S. The highest BCUT2D eigenvalue weighted by Crippen LogP contribution is 2.44. The number of likely N-dealkylation sites (N-methyl/N-ethyl adjacent to an activating group) is 1. The van der Waals surface area contributed by atoms with E-state index in [1.54, 1.807) is 35.4 Å². The number of hydrogen-bond acceptors (Lipinski definition) is 4. The van der Waals surface area contributed by atoms with Crippen molar-refractivity contribution in [1.29, 1.82) is 0 Å². The maximum atomic E-state index is 13.9. The van der Waals surface area contributed by atoms with E-state index in [2.05, 4.69) is 4.90 Å². The van der Waals surface area contributed by atoms with Crippen molar-refractivity contribution in [2.45, 2.75) is 12.0 Å². The Bertz CT molecular complexity index is 1120. The fourth-order valence-electron chi connectivity index (χ4n) is 4.79. The van der Waals surface area contributed by atoms with Gasteiger partial charge in [0.25, 0.3) is 5.91 Å². The molecule has 1 fully saturated rings. The van der Waals surface area contributed by atoms with Gasteiger partial charge in [-0.2, -0.15) is 0 Å². The quantitative estimate of drug-likeness (QED) is 0.604. The number of nitrogens with zero attached hydrogens (tertiary/aromatic N) is 3. The van der Waals surface area contributed by atoms with Crippen molar-refractivity contribution < 1.29 is 14.0 Å². The first-order chi connectivity index (χ1) is 15.5. The summed E-state index contributed by atoms with van der Waals surface area (Å²) in [4.78, 5) is 33.8. The second kappa shape index (κ2) is 8.39. The summed E-state index contributed by atoms with van der Waals surface area (Å²) < 4.78 is 13.3. The van der Waals surface area contributed by atoms with E-state index in [4.69, 9.17) is 0 Å². The summed E-state index contributed by atoms with van der Waals surface area (Å²) in [5.74, 6) is -0.695. The number of anilines is 1. The Labute approximate surface area is 190 Å². The molecule has 0 bridgehead atoms. The molecule has 0 aliphatic carbocycles. The zero-order chi connectivity index (χ0) is 22.2. The smallest absolute Gasteiger partial charge is 0.254 e. The molecule has 3 heterocycles. The monoisotopic (exact) mass is 449 g/mol. The number of piperazine rings is 1. The van der Waals surface area contributed by atoms with E-state index in [1.165, 1.54) is 12.1 Å². The van der Waals surface area contributed by atoms with E-state index < -0.39 is 5.92 Å². The third-order valence-corrected chi connectivity index (χ3v) is 7.41. The third kappa shape index (κ3) is 3.56. The number of carbonyl (C=O) groups excluding carboxylic acids is 2. The zero-order valence-corrected chi connectivity index (χ0v) is 18.6. The van der Waals surface area contributed by atoms with Crippen LogP contribution in [0.2, 0.25) is 0 Å². The molecule has 164 valence electrons. The fraction of sp³-hybridized carbons (Fsp3) is 0.280. The Kier molecular flexibility index (Phi) is 5.43. The average molecular weight is 450 g/mol. The molecule has 1 aromatic heterocycles. The van der Waals surface area contributed by atoms with Gasteiger partial charge in [-0.05, 0) is 47.3 Å². The van der Waals surface area contributed by atoms with Crippen LogP contribution in [0.25, 0.3) is 0 Å². The lowest BCUT2D eigenvalue weighted by molar-refractivity contribution is -0.134. The summed E-state index contributed by atoms with van der Waals surface area (Å²) in [5.41, 5.74) is 2.37. The zero-order valence-electron chi connectivity index (χ0n) is 17.8. The van der Waals surface area contributed by atoms with Crippen LogP contribution < -0.4 is 4.90 Å². The molecule has 3 aromatic rings. The van der Waals surface area contributed by atoms with E-state index >= 15 is 0 Å². The second-order valence-corrected chi connectivity index (χ2v) is 9.21. The summed E-state index contributed by atoms with van der Waals surface area (Å²) in [7, 11) is 1.79. The summed E-state index contributed by atoms with van der Waals surface area (Å²) in [6.45, 7) is 2.54. The molecule has 2 aliphatic heterocycles. The van der Waals surface area contributed by atoms with Gasteiger partial charge in [0.1, 0.15) is 5.82 Å². The van der Waals surface area contributed by atoms with Crippen LogP contribution in [0.15, 0.2) is 66.0 Å². The van der Waals surface area contributed by atoms with Crippen LogP contribution in [0, 0.1) is 5.82 Å². The van der Waals surface area contributed by atoms with Gasteiger partial charge >= 0.3 is 0 Å². The van der Waals surface area contributed by atoms with E-state index in [-0.39, 0.29) is 23.7 Å². The molecule has 32 heavy (non-hydrogen) atoms. The number of thiophene rings is 1. The Morgan fingerprint density at radius 3 is 2.38 bits per heavy atom. The van der Waals surface area contributed by atoms with Gasteiger partial charge in [0.15, 0.2) is 0 Å². The molecule has 0 unspecified atom stereocenters. The van der Waals surface area contributed by atoms with Gasteiger partial charge in [0.2, 0.25) is 5.91 Å².